The van der Waals surface area contributed by atoms with E-state index in [-0.39, 0.29) is 0 Å². The number of anilines is 1. The van der Waals surface area contributed by atoms with Gasteiger partial charge in [-0.2, -0.15) is 0 Å². The molecular weight excluding hydrogens is 252 g/mol. The minimum atomic E-state index is 0.333. The largest absolute Gasteiger partial charge is 0.356 e. The van der Waals surface area contributed by atoms with Gasteiger partial charge in [0.1, 0.15) is 11.6 Å². The van der Waals surface area contributed by atoms with Crippen LogP contribution in [0.5, 0.6) is 0 Å². The van der Waals surface area contributed by atoms with Crippen LogP contribution in [-0.2, 0) is 4.79 Å². The summed E-state index contributed by atoms with van der Waals surface area (Å²) in [6, 6.07) is 5.79. The van der Waals surface area contributed by atoms with Gasteiger partial charge in [0.2, 0.25) is 0 Å². The molecule has 1 aliphatic rings. The Kier molecular flexibility index (Phi) is 3.41. The van der Waals surface area contributed by atoms with Gasteiger partial charge in [0.05, 0.1) is 0 Å². The molecule has 0 atom stereocenters. The highest BCUT2D eigenvalue weighted by atomic mass is 16.1. The third-order valence-corrected chi connectivity index (χ3v) is 3.41. The average molecular weight is 268 g/mol. The Balaban J connectivity index is 1.93. The van der Waals surface area contributed by atoms with Gasteiger partial charge in [0.25, 0.3) is 0 Å². The number of aromatic nitrogens is 3. The second kappa shape index (κ2) is 5.36. The number of hydrogen-bond donors (Lipinski definition) is 0. The molecule has 0 aromatic carbocycles. The molecule has 2 aromatic heterocycles. The van der Waals surface area contributed by atoms with E-state index in [1.807, 2.05) is 25.1 Å². The number of piperidine rings is 1. The molecule has 1 fully saturated rings. The number of ketones is 1. The van der Waals surface area contributed by atoms with Crippen LogP contribution < -0.4 is 4.90 Å². The molecular formula is C15H16N4O. The smallest absolute Gasteiger partial charge is 0.163 e. The SMILES string of the molecule is Cc1cc(N2CCC(=O)CC2)nc(-c2cccnc2)n1. The predicted octanol–water partition coefficient (Wildman–Crippen LogP) is 2.02. The molecule has 0 spiro atoms. The van der Waals surface area contributed by atoms with Crippen LogP contribution in [-0.4, -0.2) is 33.8 Å². The van der Waals surface area contributed by atoms with Gasteiger partial charge in [-0.25, -0.2) is 9.97 Å². The molecule has 2 aromatic rings. The third-order valence-electron chi connectivity index (χ3n) is 3.41. The van der Waals surface area contributed by atoms with Crippen molar-refractivity contribution in [2.45, 2.75) is 19.8 Å². The summed E-state index contributed by atoms with van der Waals surface area (Å²) in [7, 11) is 0. The summed E-state index contributed by atoms with van der Waals surface area (Å²) in [5.74, 6) is 1.91. The summed E-state index contributed by atoms with van der Waals surface area (Å²) >= 11 is 0. The van der Waals surface area contributed by atoms with Gasteiger partial charge in [-0.3, -0.25) is 9.78 Å². The zero-order chi connectivity index (χ0) is 13.9. The summed E-state index contributed by atoms with van der Waals surface area (Å²) in [5.41, 5.74) is 1.83. The molecule has 0 amide bonds. The lowest BCUT2D eigenvalue weighted by Gasteiger charge is -2.27. The first-order chi connectivity index (χ1) is 9.72. The normalized spacial score (nSPS) is 15.4. The van der Waals surface area contributed by atoms with Crippen LogP contribution in [0.3, 0.4) is 0 Å². The number of aryl methyl sites for hydroxylation is 1. The molecule has 20 heavy (non-hydrogen) atoms. The Bertz CT molecular complexity index is 617. The Morgan fingerprint density at radius 3 is 2.70 bits per heavy atom. The van der Waals surface area contributed by atoms with E-state index in [9.17, 15) is 4.79 Å². The molecule has 0 bridgehead atoms. The Labute approximate surface area is 117 Å². The zero-order valence-electron chi connectivity index (χ0n) is 11.4. The second-order valence-corrected chi connectivity index (χ2v) is 4.96. The van der Waals surface area contributed by atoms with E-state index in [0.29, 0.717) is 24.4 Å². The van der Waals surface area contributed by atoms with Crippen molar-refractivity contribution in [2.75, 3.05) is 18.0 Å². The van der Waals surface area contributed by atoms with Gasteiger partial charge in [-0.05, 0) is 19.1 Å². The van der Waals surface area contributed by atoms with Gasteiger partial charge in [-0.1, -0.05) is 0 Å². The van der Waals surface area contributed by atoms with Crippen LogP contribution >= 0.6 is 0 Å². The molecule has 3 rings (SSSR count). The average Bonchev–Trinajstić information content (AvgIpc) is 2.48. The summed E-state index contributed by atoms with van der Waals surface area (Å²) < 4.78 is 0. The first-order valence-electron chi connectivity index (χ1n) is 6.75. The van der Waals surface area contributed by atoms with Gasteiger partial charge in [0, 0.05) is 55.6 Å². The van der Waals surface area contributed by atoms with Crippen molar-refractivity contribution in [3.05, 3.63) is 36.3 Å². The number of pyridine rings is 1. The molecule has 0 unspecified atom stereocenters. The third kappa shape index (κ3) is 2.66. The number of nitrogens with zero attached hydrogens (tertiary/aromatic N) is 4. The van der Waals surface area contributed by atoms with E-state index in [2.05, 4.69) is 19.9 Å². The van der Waals surface area contributed by atoms with E-state index >= 15 is 0 Å². The molecule has 0 radical (unpaired) electrons. The van der Waals surface area contributed by atoms with Crippen molar-refractivity contribution < 1.29 is 4.79 Å². The molecule has 0 N–H and O–H groups in total. The van der Waals surface area contributed by atoms with Crippen molar-refractivity contribution in [2.24, 2.45) is 0 Å². The van der Waals surface area contributed by atoms with Crippen LogP contribution in [0.1, 0.15) is 18.5 Å². The lowest BCUT2D eigenvalue weighted by molar-refractivity contribution is -0.119. The maximum absolute atomic E-state index is 11.3. The van der Waals surface area contributed by atoms with Gasteiger partial charge in [-0.15, -0.1) is 0 Å². The number of carbonyl (C=O) groups is 1. The molecule has 102 valence electrons. The summed E-state index contributed by atoms with van der Waals surface area (Å²) in [6.07, 6.45) is 4.70. The van der Waals surface area contributed by atoms with Crippen molar-refractivity contribution in [3.63, 3.8) is 0 Å². The van der Waals surface area contributed by atoms with Crippen LogP contribution in [0, 0.1) is 6.92 Å². The van der Waals surface area contributed by atoms with Crippen molar-refractivity contribution >= 4 is 11.6 Å². The molecule has 1 aliphatic heterocycles. The summed E-state index contributed by atoms with van der Waals surface area (Å²) in [5, 5.41) is 0. The Morgan fingerprint density at radius 2 is 2.00 bits per heavy atom. The van der Waals surface area contributed by atoms with Crippen LogP contribution in [0.2, 0.25) is 0 Å². The maximum atomic E-state index is 11.3. The molecule has 0 saturated carbocycles. The standard InChI is InChI=1S/C15H16N4O/c1-11-9-14(19-7-4-13(20)5-8-19)18-15(17-11)12-3-2-6-16-10-12/h2-3,6,9-10H,4-5,7-8H2,1H3. The summed E-state index contributed by atoms with van der Waals surface area (Å²) in [6.45, 7) is 3.43. The quantitative estimate of drug-likeness (QED) is 0.834. The van der Waals surface area contributed by atoms with E-state index in [1.54, 1.807) is 12.4 Å². The van der Waals surface area contributed by atoms with Crippen molar-refractivity contribution in [1.82, 2.24) is 15.0 Å². The second-order valence-electron chi connectivity index (χ2n) is 4.96. The molecule has 5 heteroatoms. The van der Waals surface area contributed by atoms with Crippen LogP contribution in [0.15, 0.2) is 30.6 Å². The fraction of sp³-hybridized carbons (Fsp3) is 0.333. The van der Waals surface area contributed by atoms with E-state index in [4.69, 9.17) is 0 Å². The highest BCUT2D eigenvalue weighted by molar-refractivity contribution is 5.80. The fourth-order valence-electron chi connectivity index (χ4n) is 2.32. The number of carbonyl (C=O) groups excluding carboxylic acids is 1. The van der Waals surface area contributed by atoms with Gasteiger partial charge < -0.3 is 4.90 Å². The fourth-order valence-corrected chi connectivity index (χ4v) is 2.32. The first-order valence-corrected chi connectivity index (χ1v) is 6.75. The number of rotatable bonds is 2. The number of hydrogen-bond acceptors (Lipinski definition) is 5. The predicted molar refractivity (Wildman–Crippen MR) is 76.5 cm³/mol. The topological polar surface area (TPSA) is 59.0 Å². The van der Waals surface area contributed by atoms with E-state index < -0.39 is 0 Å². The van der Waals surface area contributed by atoms with Gasteiger partial charge in [0.15, 0.2) is 5.82 Å². The minimum Gasteiger partial charge on any atom is -0.356 e. The molecule has 0 aliphatic carbocycles. The van der Waals surface area contributed by atoms with Gasteiger partial charge >= 0.3 is 0 Å². The zero-order valence-corrected chi connectivity index (χ0v) is 11.4. The molecule has 1 saturated heterocycles. The summed E-state index contributed by atoms with van der Waals surface area (Å²) in [4.78, 5) is 26.7. The lowest BCUT2D eigenvalue weighted by Crippen LogP contribution is -2.34. The molecule has 5 nitrogen and oxygen atoms in total. The maximum Gasteiger partial charge on any atom is 0.163 e. The first kappa shape index (κ1) is 12.7. The monoisotopic (exact) mass is 268 g/mol. The highest BCUT2D eigenvalue weighted by Crippen LogP contribution is 2.21. The van der Waals surface area contributed by atoms with Crippen LogP contribution in [0.25, 0.3) is 11.4 Å². The Hall–Kier alpha value is -2.30. The Morgan fingerprint density at radius 1 is 1.20 bits per heavy atom. The van der Waals surface area contributed by atoms with Crippen molar-refractivity contribution in [3.8, 4) is 11.4 Å². The highest BCUT2D eigenvalue weighted by Gasteiger charge is 2.18. The van der Waals surface area contributed by atoms with E-state index in [0.717, 1.165) is 30.2 Å². The van der Waals surface area contributed by atoms with Crippen LogP contribution in [0.4, 0.5) is 5.82 Å². The minimum absolute atomic E-state index is 0.333. The lowest BCUT2D eigenvalue weighted by atomic mass is 10.1. The number of Topliss-reactive ketones (excluding diaryl/α,β-unsaturated/α-hetero) is 1. The van der Waals surface area contributed by atoms with E-state index in [1.165, 1.54) is 0 Å². The molecule has 3 heterocycles. The van der Waals surface area contributed by atoms with Crippen molar-refractivity contribution in [1.29, 1.82) is 0 Å².